The van der Waals surface area contributed by atoms with Gasteiger partial charge in [-0.1, -0.05) is 0 Å². The van der Waals surface area contributed by atoms with Gasteiger partial charge in [0, 0.05) is 17.5 Å². The molecule has 0 saturated heterocycles. The van der Waals surface area contributed by atoms with E-state index in [1.807, 2.05) is 0 Å². The number of anilines is 1. The van der Waals surface area contributed by atoms with Gasteiger partial charge in [-0.15, -0.1) is 0 Å². The van der Waals surface area contributed by atoms with Crippen molar-refractivity contribution in [3.8, 4) is 0 Å². The van der Waals surface area contributed by atoms with E-state index in [-0.39, 0.29) is 6.07 Å². The molecule has 1 aliphatic rings. The lowest BCUT2D eigenvalue weighted by Crippen LogP contribution is -2.35. The maximum atomic E-state index is 14.0. The van der Waals surface area contributed by atoms with Gasteiger partial charge in [-0.2, -0.15) is 22.0 Å². The number of hydrogen-bond acceptors (Lipinski definition) is 2. The zero-order valence-electron chi connectivity index (χ0n) is 10.5. The first kappa shape index (κ1) is 16.2. The van der Waals surface area contributed by atoms with Crippen molar-refractivity contribution in [1.82, 2.24) is 0 Å². The van der Waals surface area contributed by atoms with E-state index in [2.05, 4.69) is 0 Å². The van der Waals surface area contributed by atoms with Crippen LogP contribution in [-0.2, 0) is 11.2 Å². The number of hydrogen-bond donors (Lipinski definition) is 1. The molecular weight excluding hydrogens is 323 g/mol. The third-order valence-corrected chi connectivity index (χ3v) is 3.08. The van der Waals surface area contributed by atoms with Crippen LogP contribution in [0.4, 0.5) is 36.4 Å². The average molecular weight is 329 g/mol. The van der Waals surface area contributed by atoms with E-state index in [0.717, 1.165) is 5.32 Å². The van der Waals surface area contributed by atoms with Gasteiger partial charge >= 0.3 is 18.0 Å². The van der Waals surface area contributed by atoms with E-state index >= 15 is 0 Å². The molecule has 0 unspecified atom stereocenters. The number of fused-ring (bicyclic) bond motifs is 1. The molecule has 120 valence electrons. The van der Waals surface area contributed by atoms with Crippen LogP contribution in [0.5, 0.6) is 0 Å². The van der Waals surface area contributed by atoms with E-state index in [1.54, 1.807) is 0 Å². The summed E-state index contributed by atoms with van der Waals surface area (Å²) in [7, 11) is 0. The number of Topliss-reactive ketones (excluding diaryl/α,β-unsaturated/α-hetero) is 1. The standard InChI is InChI=1S/C12H6F7NO2/c13-6-3-5-4(1-2-11(15,16)9(5)21)7(14)8(6)20-10(22)12(17,18)19/h3H,1-2H2,(H,20,22). The van der Waals surface area contributed by atoms with Crippen LogP contribution in [0.3, 0.4) is 0 Å². The predicted molar refractivity (Wildman–Crippen MR) is 58.6 cm³/mol. The second-order valence-electron chi connectivity index (χ2n) is 4.56. The van der Waals surface area contributed by atoms with Crippen molar-refractivity contribution >= 4 is 17.4 Å². The molecule has 1 aliphatic carbocycles. The van der Waals surface area contributed by atoms with Crippen molar-refractivity contribution in [3.05, 3.63) is 28.8 Å². The Hall–Kier alpha value is -2.13. The second-order valence-corrected chi connectivity index (χ2v) is 4.56. The largest absolute Gasteiger partial charge is 0.471 e. The molecule has 0 bridgehead atoms. The van der Waals surface area contributed by atoms with Gasteiger partial charge < -0.3 is 5.32 Å². The normalized spacial score (nSPS) is 17.1. The highest BCUT2D eigenvalue weighted by Gasteiger charge is 2.46. The van der Waals surface area contributed by atoms with E-state index in [1.165, 1.54) is 0 Å². The highest BCUT2D eigenvalue weighted by atomic mass is 19.4. The fraction of sp³-hybridized carbons (Fsp3) is 0.333. The minimum absolute atomic E-state index is 0.194. The fourth-order valence-corrected chi connectivity index (χ4v) is 2.00. The topological polar surface area (TPSA) is 46.2 Å². The molecule has 22 heavy (non-hydrogen) atoms. The number of ketones is 1. The lowest BCUT2D eigenvalue weighted by atomic mass is 9.87. The Morgan fingerprint density at radius 2 is 1.82 bits per heavy atom. The molecule has 10 heteroatoms. The lowest BCUT2D eigenvalue weighted by molar-refractivity contribution is -0.167. The van der Waals surface area contributed by atoms with Crippen molar-refractivity contribution in [2.45, 2.75) is 24.9 Å². The van der Waals surface area contributed by atoms with E-state index in [9.17, 15) is 40.3 Å². The van der Waals surface area contributed by atoms with Crippen LogP contribution >= 0.6 is 0 Å². The van der Waals surface area contributed by atoms with Crippen molar-refractivity contribution in [1.29, 1.82) is 0 Å². The Morgan fingerprint density at radius 3 is 2.36 bits per heavy atom. The first-order valence-electron chi connectivity index (χ1n) is 5.77. The number of nitrogens with one attached hydrogen (secondary N) is 1. The maximum Gasteiger partial charge on any atom is 0.471 e. The molecule has 0 spiro atoms. The number of rotatable bonds is 1. The number of alkyl halides is 5. The molecule has 0 saturated carbocycles. The van der Waals surface area contributed by atoms with Crippen LogP contribution in [-0.4, -0.2) is 23.8 Å². The smallest absolute Gasteiger partial charge is 0.313 e. The summed E-state index contributed by atoms with van der Waals surface area (Å²) in [6.07, 6.45) is -7.14. The third-order valence-electron chi connectivity index (χ3n) is 3.08. The number of benzene rings is 1. The molecule has 2 rings (SSSR count). The number of halogens is 7. The molecule has 1 amide bonds. The quantitative estimate of drug-likeness (QED) is 0.804. The van der Waals surface area contributed by atoms with Crippen LogP contribution in [0.25, 0.3) is 0 Å². The summed E-state index contributed by atoms with van der Waals surface area (Å²) in [6.45, 7) is 0. The van der Waals surface area contributed by atoms with Crippen molar-refractivity contribution in [2.75, 3.05) is 5.32 Å². The first-order valence-corrected chi connectivity index (χ1v) is 5.77. The monoisotopic (exact) mass is 329 g/mol. The Kier molecular flexibility index (Phi) is 3.66. The first-order chi connectivity index (χ1) is 9.95. The van der Waals surface area contributed by atoms with Gasteiger partial charge in [0.1, 0.15) is 11.5 Å². The predicted octanol–water partition coefficient (Wildman–Crippen LogP) is 3.23. The Morgan fingerprint density at radius 1 is 1.23 bits per heavy atom. The molecule has 1 aromatic rings. The van der Waals surface area contributed by atoms with Crippen molar-refractivity contribution in [3.63, 3.8) is 0 Å². The van der Waals surface area contributed by atoms with Gasteiger partial charge in [0.2, 0.25) is 5.78 Å². The van der Waals surface area contributed by atoms with E-state index < -0.39 is 65.1 Å². The van der Waals surface area contributed by atoms with E-state index in [4.69, 9.17) is 0 Å². The summed E-state index contributed by atoms with van der Waals surface area (Å²) >= 11 is 0. The minimum atomic E-state index is -5.39. The summed E-state index contributed by atoms with van der Waals surface area (Å²) in [5.74, 6) is -11.7. The molecule has 3 nitrogen and oxygen atoms in total. The zero-order chi connectivity index (χ0) is 16.9. The maximum absolute atomic E-state index is 14.0. The second kappa shape index (κ2) is 4.96. The molecular formula is C12H6F7NO2. The van der Waals surface area contributed by atoms with E-state index in [0.29, 0.717) is 0 Å². The van der Waals surface area contributed by atoms with Crippen LogP contribution in [0.15, 0.2) is 6.07 Å². The summed E-state index contributed by atoms with van der Waals surface area (Å²) in [6, 6.07) is 0.194. The summed E-state index contributed by atoms with van der Waals surface area (Å²) in [4.78, 5) is 22.1. The van der Waals surface area contributed by atoms with Gasteiger partial charge in [0.05, 0.1) is 0 Å². The van der Waals surface area contributed by atoms with Gasteiger partial charge in [-0.25, -0.2) is 8.78 Å². The van der Waals surface area contributed by atoms with Gasteiger partial charge in [0.25, 0.3) is 0 Å². The van der Waals surface area contributed by atoms with Crippen LogP contribution in [0, 0.1) is 11.6 Å². The zero-order valence-corrected chi connectivity index (χ0v) is 10.5. The molecule has 0 aliphatic heterocycles. The van der Waals surface area contributed by atoms with Crippen molar-refractivity contribution < 1.29 is 40.3 Å². The molecule has 0 fully saturated rings. The summed E-state index contributed by atoms with van der Waals surface area (Å²) < 4.78 is 90.2. The fourth-order valence-electron chi connectivity index (χ4n) is 2.00. The van der Waals surface area contributed by atoms with Crippen LogP contribution in [0.2, 0.25) is 0 Å². The molecule has 0 aromatic heterocycles. The Balaban J connectivity index is 2.49. The Bertz CT molecular complexity index is 666. The average Bonchev–Trinajstić information content (AvgIpc) is 2.38. The summed E-state index contributed by atoms with van der Waals surface area (Å²) in [5, 5.41) is 0.991. The van der Waals surface area contributed by atoms with Gasteiger partial charge in [-0.05, 0) is 12.5 Å². The lowest BCUT2D eigenvalue weighted by Gasteiger charge is -2.24. The molecule has 0 atom stereocenters. The van der Waals surface area contributed by atoms with Crippen LogP contribution in [0.1, 0.15) is 22.3 Å². The number of carbonyl (C=O) groups excluding carboxylic acids is 2. The SMILES string of the molecule is O=C(Nc1c(F)cc2c(c1F)CCC(F)(F)C2=O)C(F)(F)F. The van der Waals surface area contributed by atoms with Crippen LogP contribution < -0.4 is 5.32 Å². The molecule has 0 radical (unpaired) electrons. The number of amides is 1. The van der Waals surface area contributed by atoms with Crippen molar-refractivity contribution in [2.24, 2.45) is 0 Å². The highest BCUT2D eigenvalue weighted by molar-refractivity contribution is 6.04. The highest BCUT2D eigenvalue weighted by Crippen LogP contribution is 2.37. The summed E-state index contributed by atoms with van der Waals surface area (Å²) in [5.41, 5.74) is -3.04. The molecule has 1 N–H and O–H groups in total. The van der Waals surface area contributed by atoms with Gasteiger partial charge in [-0.3, -0.25) is 9.59 Å². The third kappa shape index (κ3) is 2.64. The minimum Gasteiger partial charge on any atom is -0.313 e. The molecule has 0 heterocycles. The Labute approximate surface area is 118 Å². The number of carbonyl (C=O) groups is 2. The van der Waals surface area contributed by atoms with Gasteiger partial charge in [0.15, 0.2) is 5.82 Å². The molecule has 1 aromatic carbocycles.